The fraction of sp³-hybridized carbons (Fsp3) is 0.160. The molecule has 0 heterocycles. The van der Waals surface area contributed by atoms with E-state index in [1.165, 1.54) is 7.11 Å². The lowest BCUT2D eigenvalue weighted by atomic mass is 10.0. The van der Waals surface area contributed by atoms with E-state index in [9.17, 15) is 9.59 Å². The number of urea groups is 1. The van der Waals surface area contributed by atoms with Crippen molar-refractivity contribution in [3.8, 4) is 5.75 Å². The van der Waals surface area contributed by atoms with Crippen molar-refractivity contribution in [2.24, 2.45) is 0 Å². The molecule has 0 bridgehead atoms. The number of hydrogen-bond acceptors (Lipinski definition) is 4. The molecule has 3 amide bonds. The van der Waals surface area contributed by atoms with E-state index in [-0.39, 0.29) is 0 Å². The highest BCUT2D eigenvalue weighted by molar-refractivity contribution is 6.30. The van der Waals surface area contributed by atoms with Crippen LogP contribution in [0.25, 0.3) is 0 Å². The molecule has 9 heteroatoms. The maximum atomic E-state index is 13.3. The van der Waals surface area contributed by atoms with Crippen molar-refractivity contribution in [3.63, 3.8) is 0 Å². The van der Waals surface area contributed by atoms with E-state index in [0.717, 1.165) is 0 Å². The molecule has 0 aliphatic rings. The van der Waals surface area contributed by atoms with Gasteiger partial charge in [0.05, 0.1) is 7.11 Å². The maximum absolute atomic E-state index is 13.3. The first-order chi connectivity index (χ1) is 16.3. The lowest BCUT2D eigenvalue weighted by Crippen LogP contribution is -2.39. The minimum Gasteiger partial charge on any atom is -0.496 e. The van der Waals surface area contributed by atoms with Gasteiger partial charge in [-0.15, -0.1) is 0 Å². The van der Waals surface area contributed by atoms with Gasteiger partial charge in [0, 0.05) is 41.6 Å². The average molecular weight is 480 g/mol. The molecule has 8 nitrogen and oxygen atoms in total. The Kier molecular flexibility index (Phi) is 8.10. The highest BCUT2D eigenvalue weighted by atomic mass is 35.5. The molecular weight excluding hydrogens is 454 g/mol. The number of amides is 3. The van der Waals surface area contributed by atoms with Crippen molar-refractivity contribution in [1.29, 1.82) is 5.41 Å². The second-order valence-electron chi connectivity index (χ2n) is 7.59. The van der Waals surface area contributed by atoms with Gasteiger partial charge in [-0.05, 0) is 54.6 Å². The van der Waals surface area contributed by atoms with E-state index in [1.54, 1.807) is 91.8 Å². The zero-order valence-corrected chi connectivity index (χ0v) is 19.8. The lowest BCUT2D eigenvalue weighted by Gasteiger charge is -2.21. The van der Waals surface area contributed by atoms with Crippen molar-refractivity contribution < 1.29 is 14.3 Å². The van der Waals surface area contributed by atoms with Crippen LogP contribution in [0.15, 0.2) is 72.8 Å². The van der Waals surface area contributed by atoms with Crippen LogP contribution in [-0.2, 0) is 4.79 Å². The summed E-state index contributed by atoms with van der Waals surface area (Å²) >= 11 is 5.90. The third-order valence-electron chi connectivity index (χ3n) is 4.96. The number of nitrogens with zero attached hydrogens (tertiary/aromatic N) is 1. The normalized spacial score (nSPS) is 11.2. The summed E-state index contributed by atoms with van der Waals surface area (Å²) < 4.78 is 5.41. The number of carbonyl (C=O) groups is 2. The van der Waals surface area contributed by atoms with Crippen molar-refractivity contribution >= 4 is 40.7 Å². The smallest absolute Gasteiger partial charge is 0.320 e. The number of halogens is 1. The Morgan fingerprint density at radius 3 is 2.12 bits per heavy atom. The van der Waals surface area contributed by atoms with Crippen molar-refractivity contribution in [1.82, 2.24) is 10.2 Å². The Morgan fingerprint density at radius 2 is 1.50 bits per heavy atom. The molecule has 0 saturated carbocycles. The van der Waals surface area contributed by atoms with Crippen LogP contribution < -0.4 is 20.7 Å². The van der Waals surface area contributed by atoms with Gasteiger partial charge in [-0.3, -0.25) is 10.2 Å². The summed E-state index contributed by atoms with van der Waals surface area (Å²) in [6.07, 6.45) is 0. The minimum atomic E-state index is -1.04. The highest BCUT2D eigenvalue weighted by Gasteiger charge is 2.26. The lowest BCUT2D eigenvalue weighted by molar-refractivity contribution is -0.118. The number of anilines is 2. The van der Waals surface area contributed by atoms with Crippen LogP contribution in [0.5, 0.6) is 5.75 Å². The predicted molar refractivity (Wildman–Crippen MR) is 135 cm³/mol. The summed E-state index contributed by atoms with van der Waals surface area (Å²) in [5.41, 5.74) is 2.27. The molecule has 0 aliphatic carbocycles. The number of para-hydroxylation sites is 1. The Balaban J connectivity index is 1.81. The van der Waals surface area contributed by atoms with E-state index >= 15 is 0 Å². The topological polar surface area (TPSA) is 107 Å². The number of nitrogens with one attached hydrogen (secondary N) is 4. The SMILES string of the molecule is COc1ccccc1C(NC(=O)Nc1ccc(Cl)cc1)C(=O)Nc1ccc(C(=N)N(C)C)cc1. The number of benzene rings is 3. The standard InChI is InChI=1S/C25H26ClN5O3/c1-31(2)23(27)16-8-12-18(13-9-16)28-24(32)22(20-6-4-5-7-21(20)34-3)30-25(33)29-19-14-10-17(26)11-15-19/h4-15,22,27H,1-3H3,(H,28,32)(H2,29,30,33). The third kappa shape index (κ3) is 6.26. The predicted octanol–water partition coefficient (Wildman–Crippen LogP) is 4.74. The molecule has 3 aromatic carbocycles. The largest absolute Gasteiger partial charge is 0.496 e. The zero-order chi connectivity index (χ0) is 24.7. The molecule has 1 unspecified atom stereocenters. The van der Waals surface area contributed by atoms with Gasteiger partial charge in [-0.2, -0.15) is 0 Å². The van der Waals surface area contributed by atoms with E-state index in [4.69, 9.17) is 21.7 Å². The Bertz CT molecular complexity index is 1160. The Hall–Kier alpha value is -4.04. The van der Waals surface area contributed by atoms with Crippen LogP contribution in [0.4, 0.5) is 16.2 Å². The number of carbonyl (C=O) groups excluding carboxylic acids is 2. The van der Waals surface area contributed by atoms with Crippen LogP contribution in [0, 0.1) is 5.41 Å². The van der Waals surface area contributed by atoms with Gasteiger partial charge in [-0.25, -0.2) is 4.79 Å². The van der Waals surface area contributed by atoms with Gasteiger partial charge in [0.2, 0.25) is 0 Å². The van der Waals surface area contributed by atoms with Gasteiger partial charge in [0.25, 0.3) is 5.91 Å². The fourth-order valence-corrected chi connectivity index (χ4v) is 3.33. The summed E-state index contributed by atoms with van der Waals surface area (Å²) in [5.74, 6) is 0.362. The number of amidine groups is 1. The van der Waals surface area contributed by atoms with Crippen molar-refractivity contribution in [2.45, 2.75) is 6.04 Å². The molecule has 3 rings (SSSR count). The van der Waals surface area contributed by atoms with E-state index in [0.29, 0.717) is 39.1 Å². The summed E-state index contributed by atoms with van der Waals surface area (Å²) in [7, 11) is 5.08. The number of methoxy groups -OCH3 is 1. The first kappa shape index (κ1) is 24.6. The molecule has 0 spiro atoms. The second kappa shape index (κ2) is 11.2. The van der Waals surface area contributed by atoms with Gasteiger partial charge in [0.1, 0.15) is 17.6 Å². The molecule has 0 saturated heterocycles. The molecule has 1 atom stereocenters. The van der Waals surface area contributed by atoms with Crippen molar-refractivity contribution in [3.05, 3.63) is 88.9 Å². The molecular formula is C25H26ClN5O3. The molecule has 34 heavy (non-hydrogen) atoms. The van der Waals surface area contributed by atoms with E-state index < -0.39 is 18.0 Å². The quantitative estimate of drug-likeness (QED) is 0.290. The summed E-state index contributed by atoms with van der Waals surface area (Å²) in [6.45, 7) is 0. The molecule has 0 fully saturated rings. The van der Waals surface area contributed by atoms with Gasteiger partial charge >= 0.3 is 6.03 Å². The summed E-state index contributed by atoms with van der Waals surface area (Å²) in [4.78, 5) is 27.7. The first-order valence-electron chi connectivity index (χ1n) is 10.4. The Morgan fingerprint density at radius 1 is 0.912 bits per heavy atom. The number of rotatable bonds is 7. The van der Waals surface area contributed by atoms with Crippen LogP contribution >= 0.6 is 11.6 Å². The van der Waals surface area contributed by atoms with E-state index in [1.807, 2.05) is 0 Å². The molecule has 0 radical (unpaired) electrons. The molecule has 0 aliphatic heterocycles. The van der Waals surface area contributed by atoms with E-state index in [2.05, 4.69) is 16.0 Å². The van der Waals surface area contributed by atoms with Gasteiger partial charge in [0.15, 0.2) is 0 Å². The van der Waals surface area contributed by atoms with Gasteiger partial charge < -0.3 is 25.6 Å². The van der Waals surface area contributed by atoms with Gasteiger partial charge in [-0.1, -0.05) is 29.8 Å². The molecule has 176 valence electrons. The van der Waals surface area contributed by atoms with Crippen molar-refractivity contribution in [2.75, 3.05) is 31.8 Å². The number of hydrogen-bond donors (Lipinski definition) is 4. The zero-order valence-electron chi connectivity index (χ0n) is 19.1. The summed E-state index contributed by atoms with van der Waals surface area (Å²) in [6, 6.07) is 18.9. The first-order valence-corrected chi connectivity index (χ1v) is 10.8. The monoisotopic (exact) mass is 479 g/mol. The highest BCUT2D eigenvalue weighted by Crippen LogP contribution is 2.26. The average Bonchev–Trinajstić information content (AvgIpc) is 2.84. The van der Waals surface area contributed by atoms with Crippen LogP contribution in [0.3, 0.4) is 0 Å². The maximum Gasteiger partial charge on any atom is 0.320 e. The van der Waals surface area contributed by atoms with Crippen LogP contribution in [0.2, 0.25) is 5.02 Å². The second-order valence-corrected chi connectivity index (χ2v) is 8.03. The third-order valence-corrected chi connectivity index (χ3v) is 5.21. The Labute approximate surface area is 203 Å². The molecule has 3 aromatic rings. The molecule has 0 aromatic heterocycles. The summed E-state index contributed by atoms with van der Waals surface area (Å²) in [5, 5.41) is 16.9. The fourth-order valence-electron chi connectivity index (χ4n) is 3.20. The molecule has 4 N–H and O–H groups in total. The number of ether oxygens (including phenoxy) is 1. The minimum absolute atomic E-state index is 0.352. The van der Waals surface area contributed by atoms with Crippen LogP contribution in [-0.4, -0.2) is 43.9 Å². The van der Waals surface area contributed by atoms with Crippen LogP contribution in [0.1, 0.15) is 17.2 Å².